The molecule has 3 N–H and O–H groups in total. The number of amides is 1. The monoisotopic (exact) mass is 516 g/mol. The Morgan fingerprint density at radius 1 is 1.24 bits per heavy atom. The van der Waals surface area contributed by atoms with Gasteiger partial charge in [-0.3, -0.25) is 9.79 Å². The third-order valence-electron chi connectivity index (χ3n) is 4.77. The Kier molecular flexibility index (Phi) is 12.2. The first-order valence-electron chi connectivity index (χ1n) is 10.5. The number of hydrogen-bond donors (Lipinski definition) is 3. The number of benzene rings is 1. The molecule has 2 atom stereocenters. The van der Waals surface area contributed by atoms with Crippen molar-refractivity contribution in [2.75, 3.05) is 26.2 Å². The summed E-state index contributed by atoms with van der Waals surface area (Å²) in [5.74, 6) is 1.17. The highest BCUT2D eigenvalue weighted by Crippen LogP contribution is 2.33. The topological polar surface area (TPSA) is 74.8 Å². The quantitative estimate of drug-likeness (QED) is 0.281. The van der Waals surface area contributed by atoms with E-state index >= 15 is 0 Å². The summed E-state index contributed by atoms with van der Waals surface area (Å²) in [7, 11) is 0. The summed E-state index contributed by atoms with van der Waals surface area (Å²) in [6, 6.07) is 8.78. The summed E-state index contributed by atoms with van der Waals surface area (Å²) in [5, 5.41) is 9.43. The molecule has 1 amide bonds. The molecule has 1 aliphatic rings. The van der Waals surface area contributed by atoms with Crippen LogP contribution in [0.15, 0.2) is 29.3 Å². The number of guanidine groups is 1. The molecule has 1 aromatic carbocycles. The Morgan fingerprint density at radius 3 is 2.62 bits per heavy atom. The van der Waals surface area contributed by atoms with Crippen molar-refractivity contribution in [1.82, 2.24) is 16.0 Å². The lowest BCUT2D eigenvalue weighted by molar-refractivity contribution is -0.121. The number of nitrogens with one attached hydrogen (secondary N) is 3. The molecule has 1 aliphatic heterocycles. The fraction of sp³-hybridized carbons (Fsp3) is 0.636. The van der Waals surface area contributed by atoms with Crippen LogP contribution in [0.4, 0.5) is 0 Å². The number of carbonyl (C=O) groups is 1. The first kappa shape index (κ1) is 25.7. The van der Waals surface area contributed by atoms with Crippen molar-refractivity contribution < 1.29 is 9.53 Å². The average Bonchev–Trinajstić information content (AvgIpc) is 2.66. The van der Waals surface area contributed by atoms with Crippen LogP contribution in [0.3, 0.4) is 0 Å². The lowest BCUT2D eigenvalue weighted by Crippen LogP contribution is -2.40. The normalized spacial score (nSPS) is 19.4. The Hall–Kier alpha value is -1.35. The van der Waals surface area contributed by atoms with Crippen LogP contribution in [0.25, 0.3) is 0 Å². The second-order valence-corrected chi connectivity index (χ2v) is 7.72. The number of carbonyl (C=O) groups excluding carboxylic acids is 1. The largest absolute Gasteiger partial charge is 0.373 e. The third-order valence-corrected chi connectivity index (χ3v) is 4.77. The Morgan fingerprint density at radius 2 is 1.97 bits per heavy atom. The molecule has 6 nitrogen and oxygen atoms in total. The van der Waals surface area contributed by atoms with Gasteiger partial charge in [0.2, 0.25) is 5.91 Å². The van der Waals surface area contributed by atoms with E-state index in [4.69, 9.17) is 9.73 Å². The molecule has 0 bridgehead atoms. The highest BCUT2D eigenvalue weighted by molar-refractivity contribution is 14.0. The van der Waals surface area contributed by atoms with Crippen molar-refractivity contribution in [3.8, 4) is 0 Å². The van der Waals surface area contributed by atoms with Crippen LogP contribution < -0.4 is 16.0 Å². The molecule has 2 rings (SSSR count). The summed E-state index contributed by atoms with van der Waals surface area (Å²) in [6.07, 6.45) is 2.71. The number of rotatable bonds is 8. The Bertz CT molecular complexity index is 634. The highest BCUT2D eigenvalue weighted by atomic mass is 127. The van der Waals surface area contributed by atoms with Gasteiger partial charge in [-0.25, -0.2) is 0 Å². The maximum Gasteiger partial charge on any atom is 0.221 e. The fourth-order valence-electron chi connectivity index (χ4n) is 3.39. The molecule has 7 heteroatoms. The number of halogens is 1. The minimum Gasteiger partial charge on any atom is -0.373 e. The van der Waals surface area contributed by atoms with E-state index in [1.54, 1.807) is 0 Å². The van der Waals surface area contributed by atoms with Gasteiger partial charge in [-0.15, -0.1) is 24.0 Å². The molecule has 2 unspecified atom stereocenters. The van der Waals surface area contributed by atoms with Gasteiger partial charge in [-0.1, -0.05) is 29.8 Å². The lowest BCUT2D eigenvalue weighted by atomic mass is 9.89. The van der Waals surface area contributed by atoms with Crippen molar-refractivity contribution in [3.63, 3.8) is 0 Å². The molecule has 0 radical (unpaired) electrons. The first-order valence-corrected chi connectivity index (χ1v) is 10.5. The van der Waals surface area contributed by atoms with Gasteiger partial charge >= 0.3 is 0 Å². The summed E-state index contributed by atoms with van der Waals surface area (Å²) in [4.78, 5) is 16.6. The zero-order valence-corrected chi connectivity index (χ0v) is 20.5. The minimum absolute atomic E-state index is 0. The molecule has 1 heterocycles. The predicted octanol–water partition coefficient (Wildman–Crippen LogP) is 3.55. The molecule has 0 aromatic heterocycles. The molecule has 164 valence electrons. The molecule has 1 aromatic rings. The summed E-state index contributed by atoms with van der Waals surface area (Å²) < 4.78 is 6.10. The van der Waals surface area contributed by atoms with Crippen LogP contribution in [-0.2, 0) is 9.53 Å². The molecule has 0 spiro atoms. The van der Waals surface area contributed by atoms with Gasteiger partial charge in [-0.05, 0) is 46.1 Å². The maximum absolute atomic E-state index is 11.8. The van der Waals surface area contributed by atoms with Gasteiger partial charge in [0, 0.05) is 44.6 Å². The Labute approximate surface area is 192 Å². The van der Waals surface area contributed by atoms with Crippen LogP contribution >= 0.6 is 24.0 Å². The van der Waals surface area contributed by atoms with E-state index in [0.717, 1.165) is 32.0 Å². The van der Waals surface area contributed by atoms with E-state index in [9.17, 15) is 4.79 Å². The minimum atomic E-state index is 0. The Balaban J connectivity index is 0.00000420. The molecule has 0 aliphatic carbocycles. The van der Waals surface area contributed by atoms with Crippen molar-refractivity contribution >= 4 is 35.8 Å². The summed E-state index contributed by atoms with van der Waals surface area (Å²) >= 11 is 0. The number of ether oxygens (including phenoxy) is 1. The number of hydrogen-bond acceptors (Lipinski definition) is 3. The van der Waals surface area contributed by atoms with Crippen LogP contribution in [0.5, 0.6) is 0 Å². The van der Waals surface area contributed by atoms with Crippen molar-refractivity contribution in [1.29, 1.82) is 0 Å². The zero-order valence-electron chi connectivity index (χ0n) is 18.2. The van der Waals surface area contributed by atoms with Gasteiger partial charge in [0.15, 0.2) is 5.96 Å². The van der Waals surface area contributed by atoms with E-state index in [2.05, 4.69) is 47.1 Å². The molecular weight excluding hydrogens is 479 g/mol. The summed E-state index contributed by atoms with van der Waals surface area (Å²) in [5.41, 5.74) is 2.49. The summed E-state index contributed by atoms with van der Waals surface area (Å²) in [6.45, 7) is 10.9. The van der Waals surface area contributed by atoms with E-state index in [1.165, 1.54) is 11.1 Å². The van der Waals surface area contributed by atoms with E-state index in [1.807, 2.05) is 20.8 Å². The second-order valence-electron chi connectivity index (χ2n) is 7.72. The van der Waals surface area contributed by atoms with Crippen LogP contribution in [0.1, 0.15) is 57.3 Å². The number of aryl methyl sites for hydroxylation is 1. The van der Waals surface area contributed by atoms with Crippen LogP contribution in [-0.4, -0.2) is 44.1 Å². The lowest BCUT2D eigenvalue weighted by Gasteiger charge is -2.31. The standard InChI is InChI=1S/C22H36N4O2.HI/c1-5-23-22(24-13-12-20(27)26-16(2)3)25-15-19-7-6-14-28-21(19)18-10-8-17(4)9-11-18;/h8-11,16,19,21H,5-7,12-15H2,1-4H3,(H,26,27)(H2,23,24,25);1H. The zero-order chi connectivity index (χ0) is 20.4. The first-order chi connectivity index (χ1) is 13.5. The fourth-order valence-corrected chi connectivity index (χ4v) is 3.39. The molecule has 0 saturated carbocycles. The smallest absolute Gasteiger partial charge is 0.221 e. The SMILES string of the molecule is CCNC(=NCC1CCCOC1c1ccc(C)cc1)NCCC(=O)NC(C)C.I. The van der Waals surface area contributed by atoms with E-state index in [0.29, 0.717) is 25.4 Å². The average molecular weight is 516 g/mol. The van der Waals surface area contributed by atoms with Crippen LogP contribution in [0.2, 0.25) is 0 Å². The molecule has 1 fully saturated rings. The molecule has 1 saturated heterocycles. The number of nitrogens with zero attached hydrogens (tertiary/aromatic N) is 1. The van der Waals surface area contributed by atoms with E-state index < -0.39 is 0 Å². The van der Waals surface area contributed by atoms with Gasteiger partial charge in [0.25, 0.3) is 0 Å². The van der Waals surface area contributed by atoms with Crippen LogP contribution in [0, 0.1) is 12.8 Å². The maximum atomic E-state index is 11.8. The second kappa shape index (κ2) is 13.8. The van der Waals surface area contributed by atoms with Gasteiger partial charge in [0.1, 0.15) is 0 Å². The third kappa shape index (κ3) is 9.33. The van der Waals surface area contributed by atoms with Gasteiger partial charge in [-0.2, -0.15) is 0 Å². The van der Waals surface area contributed by atoms with E-state index in [-0.39, 0.29) is 42.0 Å². The molecule has 29 heavy (non-hydrogen) atoms. The van der Waals surface area contributed by atoms with Crippen molar-refractivity contribution in [3.05, 3.63) is 35.4 Å². The highest BCUT2D eigenvalue weighted by Gasteiger charge is 2.27. The van der Waals surface area contributed by atoms with Gasteiger partial charge < -0.3 is 20.7 Å². The predicted molar refractivity (Wildman–Crippen MR) is 130 cm³/mol. The van der Waals surface area contributed by atoms with Crippen molar-refractivity contribution in [2.45, 2.75) is 59.1 Å². The van der Waals surface area contributed by atoms with Crippen molar-refractivity contribution in [2.24, 2.45) is 10.9 Å². The molecular formula is C22H37IN4O2. The van der Waals surface area contributed by atoms with Gasteiger partial charge in [0.05, 0.1) is 6.10 Å². The number of aliphatic imine (C=N–C) groups is 1.